The first-order chi connectivity index (χ1) is 10.2. The predicted molar refractivity (Wildman–Crippen MR) is 78.4 cm³/mol. The molecule has 0 saturated carbocycles. The number of nitrogens with one attached hydrogen (secondary N) is 2. The Morgan fingerprint density at radius 3 is 3.10 bits per heavy atom. The first-order valence-electron chi connectivity index (χ1n) is 6.69. The lowest BCUT2D eigenvalue weighted by Gasteiger charge is -2.04. The molecule has 2 aromatic rings. The van der Waals surface area contributed by atoms with E-state index in [9.17, 15) is 0 Å². The van der Waals surface area contributed by atoms with Crippen molar-refractivity contribution in [1.82, 2.24) is 20.5 Å². The number of hydrogen-bond acceptors (Lipinski definition) is 6. The number of ether oxygens (including phenoxy) is 1. The van der Waals surface area contributed by atoms with Crippen LogP contribution in [-0.2, 0) is 11.3 Å². The summed E-state index contributed by atoms with van der Waals surface area (Å²) >= 11 is 0. The lowest BCUT2D eigenvalue weighted by molar-refractivity contribution is 0.444. The van der Waals surface area contributed by atoms with E-state index in [2.05, 4.69) is 27.5 Å². The summed E-state index contributed by atoms with van der Waals surface area (Å²) in [5.74, 6) is 1.04. The molecule has 7 heteroatoms. The van der Waals surface area contributed by atoms with Crippen molar-refractivity contribution >= 4 is 18.4 Å². The quantitative estimate of drug-likeness (QED) is 0.724. The average molecular weight is 287 g/mol. The number of hydrazone groups is 1. The van der Waals surface area contributed by atoms with Crippen molar-refractivity contribution in [3.63, 3.8) is 0 Å². The van der Waals surface area contributed by atoms with Gasteiger partial charge < -0.3 is 14.5 Å². The highest BCUT2D eigenvalue weighted by Crippen LogP contribution is 2.01. The molecule has 21 heavy (non-hydrogen) atoms. The van der Waals surface area contributed by atoms with Crippen molar-refractivity contribution < 1.29 is 9.15 Å². The zero-order valence-electron chi connectivity index (χ0n) is 11.8. The molecule has 7 nitrogen and oxygen atoms in total. The molecule has 0 aliphatic carbocycles. The Morgan fingerprint density at radius 2 is 2.38 bits per heavy atom. The first kappa shape index (κ1) is 13.4. The Hall–Kier alpha value is -2.54. The number of rotatable bonds is 5. The number of aromatic nitrogens is 2. The smallest absolute Gasteiger partial charge is 0.259 e. The highest BCUT2D eigenvalue weighted by molar-refractivity contribution is 5.83. The van der Waals surface area contributed by atoms with E-state index in [0.717, 1.165) is 23.9 Å². The average Bonchev–Trinajstić information content (AvgIpc) is 3.16. The summed E-state index contributed by atoms with van der Waals surface area (Å²) in [4.78, 5) is 0. The monoisotopic (exact) mass is 287 g/mol. The zero-order valence-corrected chi connectivity index (χ0v) is 11.8. The summed E-state index contributed by atoms with van der Waals surface area (Å²) in [7, 11) is 0. The van der Waals surface area contributed by atoms with Crippen LogP contribution in [0.25, 0.3) is 12.5 Å². The van der Waals surface area contributed by atoms with Gasteiger partial charge in [0.1, 0.15) is 0 Å². The molecule has 2 aromatic heterocycles. The molecule has 3 heterocycles. The fourth-order valence-corrected chi connectivity index (χ4v) is 1.96. The van der Waals surface area contributed by atoms with E-state index in [4.69, 9.17) is 9.15 Å². The molecule has 2 N–H and O–H groups in total. The fraction of sp³-hybridized carbons (Fsp3) is 0.286. The van der Waals surface area contributed by atoms with Gasteiger partial charge in [-0.15, -0.1) is 5.10 Å². The molecule has 0 atom stereocenters. The number of aryl methyl sites for hydroxylation is 1. The Kier molecular flexibility index (Phi) is 3.74. The maximum absolute atomic E-state index is 5.58. The van der Waals surface area contributed by atoms with E-state index in [1.807, 2.05) is 24.0 Å². The topological polar surface area (TPSA) is 76.6 Å². The molecule has 3 rings (SSSR count). The van der Waals surface area contributed by atoms with Crippen LogP contribution < -0.4 is 21.4 Å². The van der Waals surface area contributed by atoms with E-state index in [0.29, 0.717) is 23.7 Å². The molecule has 110 valence electrons. The van der Waals surface area contributed by atoms with Gasteiger partial charge in [0, 0.05) is 18.0 Å². The SMILES string of the molecule is C=c1ccoc1=C1NN=C(CNCCn2cc(C)cn2)O1. The zero-order chi connectivity index (χ0) is 14.7. The largest absolute Gasteiger partial charge is 0.459 e. The van der Waals surface area contributed by atoms with Crippen LogP contribution in [0.15, 0.2) is 34.2 Å². The van der Waals surface area contributed by atoms with Gasteiger partial charge in [-0.25, -0.2) is 5.43 Å². The molecule has 0 bridgehead atoms. The van der Waals surface area contributed by atoms with Gasteiger partial charge in [-0.05, 0) is 18.6 Å². The van der Waals surface area contributed by atoms with Gasteiger partial charge >= 0.3 is 0 Å². The van der Waals surface area contributed by atoms with Crippen molar-refractivity contribution in [2.45, 2.75) is 13.5 Å². The third-order valence-corrected chi connectivity index (χ3v) is 3.01. The summed E-state index contributed by atoms with van der Waals surface area (Å²) in [5.41, 5.74) is 4.53. The normalized spacial score (nSPS) is 16.5. The second kappa shape index (κ2) is 5.84. The highest BCUT2D eigenvalue weighted by Gasteiger charge is 2.15. The molecule has 1 aliphatic heterocycles. The third kappa shape index (κ3) is 3.14. The van der Waals surface area contributed by atoms with Crippen LogP contribution in [0.4, 0.5) is 0 Å². The van der Waals surface area contributed by atoms with Gasteiger partial charge in [0.15, 0.2) is 5.42 Å². The maximum Gasteiger partial charge on any atom is 0.259 e. The Balaban J connectivity index is 1.47. The van der Waals surface area contributed by atoms with E-state index in [1.54, 1.807) is 12.3 Å². The van der Waals surface area contributed by atoms with Crippen LogP contribution in [0.1, 0.15) is 5.56 Å². The first-order valence-corrected chi connectivity index (χ1v) is 6.69. The third-order valence-electron chi connectivity index (χ3n) is 3.01. The second-order valence-electron chi connectivity index (χ2n) is 4.78. The van der Waals surface area contributed by atoms with E-state index in [1.165, 1.54) is 0 Å². The van der Waals surface area contributed by atoms with Crippen LogP contribution in [0.3, 0.4) is 0 Å². The molecule has 0 amide bonds. The molecular formula is C14H17N5O2. The van der Waals surface area contributed by atoms with E-state index >= 15 is 0 Å². The van der Waals surface area contributed by atoms with E-state index in [-0.39, 0.29) is 0 Å². The second-order valence-corrected chi connectivity index (χ2v) is 4.78. The van der Waals surface area contributed by atoms with Gasteiger partial charge in [0.2, 0.25) is 5.90 Å². The van der Waals surface area contributed by atoms with Crippen LogP contribution in [0.2, 0.25) is 0 Å². The Bertz CT molecular complexity index is 758. The van der Waals surface area contributed by atoms with Gasteiger partial charge in [0.05, 0.1) is 25.5 Å². The molecule has 1 aliphatic rings. The fourth-order valence-electron chi connectivity index (χ4n) is 1.96. The lowest BCUT2D eigenvalue weighted by atomic mass is 10.4. The summed E-state index contributed by atoms with van der Waals surface area (Å²) in [5, 5.41) is 12.3. The minimum Gasteiger partial charge on any atom is -0.459 e. The van der Waals surface area contributed by atoms with Crippen LogP contribution in [0.5, 0.6) is 0 Å². The Morgan fingerprint density at radius 1 is 1.48 bits per heavy atom. The Labute approximate surface area is 121 Å². The molecule has 0 aromatic carbocycles. The number of hydrogen-bond donors (Lipinski definition) is 2. The lowest BCUT2D eigenvalue weighted by Crippen LogP contribution is -2.28. The molecule has 0 radical (unpaired) electrons. The summed E-state index contributed by atoms with van der Waals surface area (Å²) < 4.78 is 12.8. The van der Waals surface area contributed by atoms with Gasteiger partial charge in [-0.1, -0.05) is 6.58 Å². The predicted octanol–water partition coefficient (Wildman–Crippen LogP) is -0.516. The van der Waals surface area contributed by atoms with Crippen LogP contribution in [0, 0.1) is 6.92 Å². The summed E-state index contributed by atoms with van der Waals surface area (Å²) in [6, 6.07) is 1.77. The number of nitrogens with zero attached hydrogens (tertiary/aromatic N) is 3. The summed E-state index contributed by atoms with van der Waals surface area (Å²) in [6.45, 7) is 7.98. The van der Waals surface area contributed by atoms with Crippen LogP contribution in [-0.4, -0.2) is 28.8 Å². The highest BCUT2D eigenvalue weighted by atomic mass is 16.5. The van der Waals surface area contributed by atoms with Crippen molar-refractivity contribution in [1.29, 1.82) is 0 Å². The van der Waals surface area contributed by atoms with Crippen molar-refractivity contribution in [3.05, 3.63) is 40.9 Å². The standard InChI is InChI=1S/C14H17N5O2/c1-10-7-16-19(9-10)5-4-15-8-12-17-18-14(21-12)13-11(2)3-6-20-13/h3,6-7,9,15,18H,2,4-5,8H2,1H3. The molecule has 0 spiro atoms. The summed E-state index contributed by atoms with van der Waals surface area (Å²) in [6.07, 6.45) is 5.42. The minimum atomic E-state index is 0.476. The van der Waals surface area contributed by atoms with Crippen molar-refractivity contribution in [2.75, 3.05) is 13.1 Å². The van der Waals surface area contributed by atoms with Gasteiger partial charge in [0.25, 0.3) is 5.88 Å². The van der Waals surface area contributed by atoms with Crippen LogP contribution >= 0.6 is 0 Å². The molecule has 0 fully saturated rings. The van der Waals surface area contributed by atoms with Crippen molar-refractivity contribution in [3.8, 4) is 0 Å². The molecular weight excluding hydrogens is 270 g/mol. The number of furan rings is 1. The van der Waals surface area contributed by atoms with E-state index < -0.39 is 0 Å². The van der Waals surface area contributed by atoms with Gasteiger partial charge in [-0.3, -0.25) is 4.68 Å². The molecule has 0 unspecified atom stereocenters. The maximum atomic E-state index is 5.58. The van der Waals surface area contributed by atoms with Crippen molar-refractivity contribution in [2.24, 2.45) is 5.10 Å². The van der Waals surface area contributed by atoms with Gasteiger partial charge in [-0.2, -0.15) is 5.10 Å². The minimum absolute atomic E-state index is 0.476. The molecule has 0 saturated heterocycles.